The lowest BCUT2D eigenvalue weighted by atomic mass is 10.1. The summed E-state index contributed by atoms with van der Waals surface area (Å²) in [6, 6.07) is 13.2. The Labute approximate surface area is 199 Å². The quantitative estimate of drug-likeness (QED) is 0.296. The Morgan fingerprint density at radius 1 is 1.09 bits per heavy atom. The fraction of sp³-hybridized carbons (Fsp3) is 0.160. The zero-order valence-corrected chi connectivity index (χ0v) is 18.9. The molecule has 0 atom stereocenters. The van der Waals surface area contributed by atoms with E-state index in [9.17, 15) is 18.8 Å². The van der Waals surface area contributed by atoms with Crippen molar-refractivity contribution in [2.75, 3.05) is 14.2 Å². The lowest BCUT2D eigenvalue weighted by Crippen LogP contribution is -2.30. The molecular formula is C25H21FN2O7. The molecule has 1 N–H and O–H groups in total. The summed E-state index contributed by atoms with van der Waals surface area (Å²) in [6.07, 6.45) is 1.48. The standard InChI is InChI=1S/C25H21FN2O7/c1-32-20-5-3-4-16(22(20)34-14-15-6-8-17(26)9-7-15)12-19-23(29)28(25(31)27-19)13-18-10-11-21(35-18)24(30)33-2/h3-12H,13-14H2,1-2H3,(H,27,31). The van der Waals surface area contributed by atoms with Crippen LogP contribution in [0.15, 0.2) is 64.7 Å². The van der Waals surface area contributed by atoms with Gasteiger partial charge in [0.25, 0.3) is 5.91 Å². The van der Waals surface area contributed by atoms with Crippen molar-refractivity contribution in [1.29, 1.82) is 0 Å². The van der Waals surface area contributed by atoms with Crippen LogP contribution in [-0.4, -0.2) is 37.0 Å². The molecule has 1 aromatic heterocycles. The van der Waals surface area contributed by atoms with Crippen LogP contribution in [-0.2, 0) is 22.7 Å². The minimum absolute atomic E-state index is 0.0228. The van der Waals surface area contributed by atoms with Gasteiger partial charge < -0.3 is 23.9 Å². The van der Waals surface area contributed by atoms with Crippen molar-refractivity contribution in [3.8, 4) is 11.5 Å². The van der Waals surface area contributed by atoms with Crippen molar-refractivity contribution in [3.05, 3.63) is 88.8 Å². The second-order valence-corrected chi connectivity index (χ2v) is 7.43. The Hall–Kier alpha value is -4.60. The molecule has 1 fully saturated rings. The van der Waals surface area contributed by atoms with Gasteiger partial charge in [0.2, 0.25) is 5.76 Å². The number of carbonyl (C=O) groups is 3. The third-order valence-electron chi connectivity index (χ3n) is 5.15. The summed E-state index contributed by atoms with van der Waals surface area (Å²) in [5.41, 5.74) is 1.25. The molecule has 10 heteroatoms. The highest BCUT2D eigenvalue weighted by molar-refractivity contribution is 6.14. The summed E-state index contributed by atoms with van der Waals surface area (Å²) in [7, 11) is 2.70. The highest BCUT2D eigenvalue weighted by Gasteiger charge is 2.34. The van der Waals surface area contributed by atoms with Crippen molar-refractivity contribution >= 4 is 24.0 Å². The third kappa shape index (κ3) is 5.16. The van der Waals surface area contributed by atoms with E-state index in [0.29, 0.717) is 17.1 Å². The fourth-order valence-electron chi connectivity index (χ4n) is 3.40. The number of hydrogen-bond acceptors (Lipinski definition) is 7. The maximum Gasteiger partial charge on any atom is 0.373 e. The number of rotatable bonds is 8. The maximum absolute atomic E-state index is 13.2. The molecule has 1 saturated heterocycles. The number of amides is 3. The average molecular weight is 480 g/mol. The van der Waals surface area contributed by atoms with E-state index in [1.54, 1.807) is 30.3 Å². The molecular weight excluding hydrogens is 459 g/mol. The Morgan fingerprint density at radius 3 is 2.57 bits per heavy atom. The first-order valence-electron chi connectivity index (χ1n) is 10.5. The minimum Gasteiger partial charge on any atom is -0.493 e. The van der Waals surface area contributed by atoms with Gasteiger partial charge in [-0.3, -0.25) is 9.69 Å². The summed E-state index contributed by atoms with van der Waals surface area (Å²) in [5.74, 6) is -0.641. The van der Waals surface area contributed by atoms with Gasteiger partial charge in [0.05, 0.1) is 20.8 Å². The number of halogens is 1. The Morgan fingerprint density at radius 2 is 1.86 bits per heavy atom. The smallest absolute Gasteiger partial charge is 0.373 e. The first-order chi connectivity index (χ1) is 16.9. The number of urea groups is 1. The van der Waals surface area contributed by atoms with Crippen LogP contribution in [0.1, 0.15) is 27.4 Å². The van der Waals surface area contributed by atoms with Gasteiger partial charge in [0.15, 0.2) is 11.5 Å². The van der Waals surface area contributed by atoms with Gasteiger partial charge in [-0.2, -0.15) is 0 Å². The van der Waals surface area contributed by atoms with E-state index in [1.807, 2.05) is 0 Å². The molecule has 0 aliphatic carbocycles. The Kier molecular flexibility index (Phi) is 6.81. The van der Waals surface area contributed by atoms with Gasteiger partial charge in [0.1, 0.15) is 23.9 Å². The zero-order valence-electron chi connectivity index (χ0n) is 18.9. The van der Waals surface area contributed by atoms with E-state index in [0.717, 1.165) is 10.5 Å². The molecule has 3 amide bonds. The highest BCUT2D eigenvalue weighted by atomic mass is 19.1. The van der Waals surface area contributed by atoms with E-state index in [-0.39, 0.29) is 36.2 Å². The number of furan rings is 1. The average Bonchev–Trinajstić information content (AvgIpc) is 3.44. The number of nitrogens with one attached hydrogen (secondary N) is 1. The van der Waals surface area contributed by atoms with Gasteiger partial charge in [-0.05, 0) is 42.0 Å². The van der Waals surface area contributed by atoms with Gasteiger partial charge in [-0.1, -0.05) is 24.3 Å². The number of methoxy groups -OCH3 is 2. The topological polar surface area (TPSA) is 107 Å². The summed E-state index contributed by atoms with van der Waals surface area (Å²) in [6.45, 7) is -0.0463. The first kappa shape index (κ1) is 23.6. The summed E-state index contributed by atoms with van der Waals surface area (Å²) in [5, 5.41) is 2.54. The summed E-state index contributed by atoms with van der Waals surface area (Å²) in [4.78, 5) is 37.9. The van der Waals surface area contributed by atoms with Crippen molar-refractivity contribution in [1.82, 2.24) is 10.2 Å². The highest BCUT2D eigenvalue weighted by Crippen LogP contribution is 2.34. The number of hydrogen-bond donors (Lipinski definition) is 1. The van der Waals surface area contributed by atoms with E-state index in [1.165, 1.54) is 44.6 Å². The first-order valence-corrected chi connectivity index (χ1v) is 10.5. The van der Waals surface area contributed by atoms with Crippen LogP contribution in [0.4, 0.5) is 9.18 Å². The predicted octanol–water partition coefficient (Wildman–Crippen LogP) is 3.89. The second-order valence-electron chi connectivity index (χ2n) is 7.43. The molecule has 9 nitrogen and oxygen atoms in total. The van der Waals surface area contributed by atoms with E-state index >= 15 is 0 Å². The molecule has 0 saturated carbocycles. The molecule has 4 rings (SSSR count). The number of carbonyl (C=O) groups excluding carboxylic acids is 3. The molecule has 1 aliphatic rings. The zero-order chi connectivity index (χ0) is 24.9. The fourth-order valence-corrected chi connectivity index (χ4v) is 3.40. The van der Waals surface area contributed by atoms with Crippen molar-refractivity contribution in [3.63, 3.8) is 0 Å². The SMILES string of the molecule is COC(=O)c1ccc(CN2C(=O)NC(=Cc3cccc(OC)c3OCc3ccc(F)cc3)C2=O)o1. The number of nitrogens with zero attached hydrogens (tertiary/aromatic N) is 1. The third-order valence-corrected chi connectivity index (χ3v) is 5.15. The van der Waals surface area contributed by atoms with Crippen LogP contribution in [0.5, 0.6) is 11.5 Å². The van der Waals surface area contributed by atoms with Crippen LogP contribution >= 0.6 is 0 Å². The van der Waals surface area contributed by atoms with Crippen molar-refractivity contribution < 1.29 is 37.4 Å². The van der Waals surface area contributed by atoms with E-state index in [2.05, 4.69) is 10.1 Å². The van der Waals surface area contributed by atoms with E-state index < -0.39 is 17.9 Å². The Bertz CT molecular complexity index is 1300. The molecule has 180 valence electrons. The second kappa shape index (κ2) is 10.1. The summed E-state index contributed by atoms with van der Waals surface area (Å²) < 4.78 is 34.4. The van der Waals surface area contributed by atoms with Crippen LogP contribution in [0.25, 0.3) is 6.08 Å². The van der Waals surface area contributed by atoms with Gasteiger partial charge in [-0.25, -0.2) is 14.0 Å². The number of para-hydroxylation sites is 1. The summed E-state index contributed by atoms with van der Waals surface area (Å²) >= 11 is 0. The number of imide groups is 1. The van der Waals surface area contributed by atoms with Crippen LogP contribution in [0.2, 0.25) is 0 Å². The number of ether oxygens (including phenoxy) is 3. The predicted molar refractivity (Wildman–Crippen MR) is 121 cm³/mol. The molecule has 2 heterocycles. The van der Waals surface area contributed by atoms with Gasteiger partial charge in [0, 0.05) is 5.56 Å². The minimum atomic E-state index is -0.666. The Balaban J connectivity index is 1.55. The molecule has 0 bridgehead atoms. The normalized spacial score (nSPS) is 14.3. The lowest BCUT2D eigenvalue weighted by Gasteiger charge is -2.14. The molecule has 1 aliphatic heterocycles. The van der Waals surface area contributed by atoms with Crippen LogP contribution in [0.3, 0.4) is 0 Å². The monoisotopic (exact) mass is 480 g/mol. The van der Waals surface area contributed by atoms with Crippen molar-refractivity contribution in [2.24, 2.45) is 0 Å². The molecule has 3 aromatic rings. The molecule has 2 aromatic carbocycles. The number of esters is 1. The van der Waals surface area contributed by atoms with Gasteiger partial charge in [-0.15, -0.1) is 0 Å². The van der Waals surface area contributed by atoms with Crippen molar-refractivity contribution in [2.45, 2.75) is 13.2 Å². The number of benzene rings is 2. The largest absolute Gasteiger partial charge is 0.493 e. The molecule has 0 unspecified atom stereocenters. The molecule has 0 spiro atoms. The van der Waals surface area contributed by atoms with Gasteiger partial charge >= 0.3 is 12.0 Å². The van der Waals surface area contributed by atoms with Crippen LogP contribution < -0.4 is 14.8 Å². The molecule has 35 heavy (non-hydrogen) atoms. The van der Waals surface area contributed by atoms with Crippen LogP contribution in [0, 0.1) is 5.82 Å². The molecule has 0 radical (unpaired) electrons. The maximum atomic E-state index is 13.2. The van der Waals surface area contributed by atoms with E-state index in [4.69, 9.17) is 13.9 Å². The lowest BCUT2D eigenvalue weighted by molar-refractivity contribution is -0.123.